The molecule has 4 aromatic rings. The number of carbonyl (C=O) groups is 3. The van der Waals surface area contributed by atoms with Gasteiger partial charge < -0.3 is 15.8 Å². The summed E-state index contributed by atoms with van der Waals surface area (Å²) in [6.07, 6.45) is 9.43. The molecule has 12 nitrogen and oxygen atoms in total. The first-order valence-electron chi connectivity index (χ1n) is 12.1. The smallest absolute Gasteiger partial charge is 0.335 e. The summed E-state index contributed by atoms with van der Waals surface area (Å²) in [4.78, 5) is 59.9. The van der Waals surface area contributed by atoms with E-state index in [0.29, 0.717) is 46.0 Å². The highest BCUT2D eigenvalue weighted by atomic mass is 32.1. The maximum absolute atomic E-state index is 14.3. The third-order valence-electron chi connectivity index (χ3n) is 6.67. The fourth-order valence-electron chi connectivity index (χ4n) is 5.08. The number of amides is 4. The molecule has 0 saturated heterocycles. The van der Waals surface area contributed by atoms with Crippen molar-refractivity contribution in [3.05, 3.63) is 66.6 Å². The maximum Gasteiger partial charge on any atom is 0.335 e. The van der Waals surface area contributed by atoms with Crippen molar-refractivity contribution in [2.24, 2.45) is 5.73 Å². The lowest BCUT2D eigenvalue weighted by atomic mass is 10.0. The summed E-state index contributed by atoms with van der Waals surface area (Å²) in [6, 6.07) is 5.67. The molecule has 3 N–H and O–H groups in total. The van der Waals surface area contributed by atoms with E-state index in [1.165, 1.54) is 17.2 Å². The number of primary amides is 1. The second-order valence-electron chi connectivity index (χ2n) is 8.95. The Morgan fingerprint density at radius 2 is 1.95 bits per heavy atom. The Balaban J connectivity index is 1.46. The first-order chi connectivity index (χ1) is 19.0. The summed E-state index contributed by atoms with van der Waals surface area (Å²) in [5.41, 5.74) is 6.71. The van der Waals surface area contributed by atoms with Crippen molar-refractivity contribution in [1.82, 2.24) is 25.3 Å². The SMILES string of the molecule is C=CC(=O)N[C@H]1CCC[C@H]1N1C(=O)N(c2ccc(Oc3ncccn3)cn2)c2ccnc3sc(C(N)=O)c1c23. The van der Waals surface area contributed by atoms with Gasteiger partial charge in [-0.3, -0.25) is 14.5 Å². The minimum Gasteiger partial charge on any atom is -0.423 e. The second-order valence-corrected chi connectivity index (χ2v) is 9.94. The molecule has 1 saturated carbocycles. The highest BCUT2D eigenvalue weighted by Gasteiger charge is 2.45. The number of carbonyl (C=O) groups excluding carboxylic acids is 3. The fraction of sp³-hybridized carbons (Fsp3) is 0.192. The molecule has 0 spiro atoms. The first kappa shape index (κ1) is 24.4. The van der Waals surface area contributed by atoms with Gasteiger partial charge in [-0.2, -0.15) is 0 Å². The fourth-order valence-corrected chi connectivity index (χ4v) is 6.09. The Labute approximate surface area is 226 Å². The molecule has 196 valence electrons. The van der Waals surface area contributed by atoms with Gasteiger partial charge in [0.2, 0.25) is 5.91 Å². The standard InChI is InChI=1S/C26H22N8O4S/c1-2-19(35)32-15-5-3-6-16(15)34-21-20-17(9-12-28-24(20)39-22(21)23(27)36)33(26(34)37)18-8-7-14(13-31-18)38-25-29-10-4-11-30-25/h2,4,7-13,15-16H,1,3,5-6H2,(H2,27,36)(H,32,35)/t15-,16+/m0/s1. The zero-order valence-electron chi connectivity index (χ0n) is 20.5. The molecule has 5 heterocycles. The maximum atomic E-state index is 14.3. The molecule has 1 aliphatic carbocycles. The summed E-state index contributed by atoms with van der Waals surface area (Å²) < 4.78 is 5.65. The molecule has 4 amide bonds. The molecule has 0 radical (unpaired) electrons. The largest absolute Gasteiger partial charge is 0.423 e. The van der Waals surface area contributed by atoms with E-state index >= 15 is 0 Å². The van der Waals surface area contributed by atoms with Crippen LogP contribution in [0.5, 0.6) is 11.8 Å². The number of pyridine rings is 2. The Bertz CT molecular complexity index is 1610. The van der Waals surface area contributed by atoms with E-state index in [9.17, 15) is 14.4 Å². The lowest BCUT2D eigenvalue weighted by Gasteiger charge is -2.40. The molecule has 4 aromatic heterocycles. The van der Waals surface area contributed by atoms with Gasteiger partial charge in [-0.05, 0) is 49.6 Å². The van der Waals surface area contributed by atoms with Gasteiger partial charge in [0, 0.05) is 18.6 Å². The van der Waals surface area contributed by atoms with Crippen LogP contribution in [0.25, 0.3) is 10.2 Å². The summed E-state index contributed by atoms with van der Waals surface area (Å²) in [6.45, 7) is 3.54. The summed E-state index contributed by atoms with van der Waals surface area (Å²) >= 11 is 1.13. The first-order valence-corrected chi connectivity index (χ1v) is 13.0. The number of hydrogen-bond acceptors (Lipinski definition) is 9. The third kappa shape index (κ3) is 4.22. The summed E-state index contributed by atoms with van der Waals surface area (Å²) in [5, 5.41) is 3.56. The van der Waals surface area contributed by atoms with E-state index in [1.807, 2.05) is 0 Å². The minimum atomic E-state index is -0.655. The van der Waals surface area contributed by atoms with Crippen LogP contribution in [0.2, 0.25) is 0 Å². The molecule has 0 aromatic carbocycles. The van der Waals surface area contributed by atoms with E-state index in [2.05, 4.69) is 31.8 Å². The van der Waals surface area contributed by atoms with Crippen molar-refractivity contribution in [2.45, 2.75) is 31.3 Å². The summed E-state index contributed by atoms with van der Waals surface area (Å²) in [7, 11) is 0. The molecular weight excluding hydrogens is 520 g/mol. The number of nitrogens with one attached hydrogen (secondary N) is 1. The molecule has 13 heteroatoms. The van der Waals surface area contributed by atoms with E-state index < -0.39 is 18.0 Å². The average molecular weight is 543 g/mol. The van der Waals surface area contributed by atoms with Gasteiger partial charge in [-0.1, -0.05) is 6.58 Å². The molecule has 1 aliphatic heterocycles. The topological polar surface area (TPSA) is 157 Å². The van der Waals surface area contributed by atoms with E-state index in [4.69, 9.17) is 10.5 Å². The van der Waals surface area contributed by atoms with Crippen LogP contribution in [0, 0.1) is 0 Å². The predicted molar refractivity (Wildman–Crippen MR) is 144 cm³/mol. The van der Waals surface area contributed by atoms with Gasteiger partial charge in [0.1, 0.15) is 21.3 Å². The van der Waals surface area contributed by atoms with Crippen LogP contribution >= 0.6 is 11.3 Å². The molecule has 6 rings (SSSR count). The van der Waals surface area contributed by atoms with Gasteiger partial charge >= 0.3 is 12.0 Å². The van der Waals surface area contributed by atoms with Crippen molar-refractivity contribution in [3.8, 4) is 11.8 Å². The lowest BCUT2D eigenvalue weighted by molar-refractivity contribution is -0.117. The lowest BCUT2D eigenvalue weighted by Crippen LogP contribution is -2.55. The highest BCUT2D eigenvalue weighted by molar-refractivity contribution is 7.21. The number of nitrogens with zero attached hydrogens (tertiary/aromatic N) is 6. The zero-order chi connectivity index (χ0) is 27.1. The van der Waals surface area contributed by atoms with Crippen molar-refractivity contribution >= 4 is 56.6 Å². The van der Waals surface area contributed by atoms with E-state index in [1.54, 1.807) is 47.8 Å². The Hall–Kier alpha value is -4.91. The van der Waals surface area contributed by atoms with Gasteiger partial charge in [0.25, 0.3) is 5.91 Å². The van der Waals surface area contributed by atoms with Crippen LogP contribution in [-0.2, 0) is 4.79 Å². The number of thiophene rings is 1. The van der Waals surface area contributed by atoms with Crippen LogP contribution in [0.3, 0.4) is 0 Å². The van der Waals surface area contributed by atoms with Gasteiger partial charge in [0.05, 0.1) is 35.0 Å². The number of rotatable bonds is 7. The molecule has 1 fully saturated rings. The highest BCUT2D eigenvalue weighted by Crippen LogP contribution is 2.50. The number of aromatic nitrogens is 4. The monoisotopic (exact) mass is 542 g/mol. The predicted octanol–water partition coefficient (Wildman–Crippen LogP) is 3.67. The molecule has 0 bridgehead atoms. The third-order valence-corrected chi connectivity index (χ3v) is 7.77. The molecule has 39 heavy (non-hydrogen) atoms. The quantitative estimate of drug-likeness (QED) is 0.335. The van der Waals surface area contributed by atoms with Crippen molar-refractivity contribution in [3.63, 3.8) is 0 Å². The van der Waals surface area contributed by atoms with E-state index in [0.717, 1.165) is 17.8 Å². The number of nitrogens with two attached hydrogens (primary N) is 1. The van der Waals surface area contributed by atoms with Crippen molar-refractivity contribution < 1.29 is 19.1 Å². The number of anilines is 3. The number of urea groups is 1. The van der Waals surface area contributed by atoms with Crippen molar-refractivity contribution in [1.29, 1.82) is 0 Å². The zero-order valence-corrected chi connectivity index (χ0v) is 21.3. The van der Waals surface area contributed by atoms with E-state index in [-0.39, 0.29) is 22.8 Å². The molecule has 2 aliphatic rings. The van der Waals surface area contributed by atoms with Crippen LogP contribution in [0.4, 0.5) is 22.0 Å². The van der Waals surface area contributed by atoms with Crippen LogP contribution < -0.4 is 25.6 Å². The second kappa shape index (κ2) is 9.76. The number of ether oxygens (including phenoxy) is 1. The Morgan fingerprint density at radius 3 is 2.67 bits per heavy atom. The summed E-state index contributed by atoms with van der Waals surface area (Å²) in [5.74, 6) is -0.263. The molecule has 2 atom stereocenters. The van der Waals surface area contributed by atoms with Crippen LogP contribution in [0.15, 0.2) is 61.7 Å². The van der Waals surface area contributed by atoms with Gasteiger partial charge in [0.15, 0.2) is 0 Å². The Morgan fingerprint density at radius 1 is 1.13 bits per heavy atom. The van der Waals surface area contributed by atoms with Crippen LogP contribution in [-0.4, -0.2) is 49.9 Å². The van der Waals surface area contributed by atoms with Gasteiger partial charge in [-0.25, -0.2) is 29.6 Å². The van der Waals surface area contributed by atoms with Crippen LogP contribution in [0.1, 0.15) is 28.9 Å². The molecular formula is C26H22N8O4S. The molecule has 0 unspecified atom stereocenters. The number of hydrogen-bond donors (Lipinski definition) is 2. The van der Waals surface area contributed by atoms with Crippen molar-refractivity contribution in [2.75, 3.05) is 9.80 Å². The Kier molecular flexibility index (Phi) is 6.11. The average Bonchev–Trinajstić information content (AvgIpc) is 3.56. The van der Waals surface area contributed by atoms with Gasteiger partial charge in [-0.15, -0.1) is 11.3 Å². The normalized spacial score (nSPS) is 18.3. The minimum absolute atomic E-state index is 0.166.